The summed E-state index contributed by atoms with van der Waals surface area (Å²) in [4.78, 5) is 23.9. The van der Waals surface area contributed by atoms with Gasteiger partial charge in [0.1, 0.15) is 0 Å². The molecule has 0 aliphatic heterocycles. The van der Waals surface area contributed by atoms with Crippen LogP contribution in [0, 0.1) is 6.92 Å². The molecule has 0 spiro atoms. The minimum Gasteiger partial charge on any atom is -0.448 e. The van der Waals surface area contributed by atoms with Gasteiger partial charge >= 0.3 is 5.97 Å². The standard InChI is InChI=1S/C14H24N4O3/c1-5-6-7-8-16-13(19)10(3)21-14(20)12-11(15)9(2)17-18(12)4/h10H,5-8,15H2,1-4H3,(H,16,19). The number of rotatable bonds is 7. The van der Waals surface area contributed by atoms with E-state index >= 15 is 0 Å². The minimum absolute atomic E-state index is 0.165. The second-order valence-corrected chi connectivity index (χ2v) is 5.02. The normalized spacial score (nSPS) is 12.0. The zero-order valence-electron chi connectivity index (χ0n) is 13.1. The summed E-state index contributed by atoms with van der Waals surface area (Å²) in [7, 11) is 1.61. The Hall–Kier alpha value is -2.05. The lowest BCUT2D eigenvalue weighted by Crippen LogP contribution is -2.36. The van der Waals surface area contributed by atoms with E-state index < -0.39 is 12.1 Å². The third kappa shape index (κ3) is 4.47. The van der Waals surface area contributed by atoms with Crippen LogP contribution < -0.4 is 11.1 Å². The van der Waals surface area contributed by atoms with Crippen LogP contribution in [0.25, 0.3) is 0 Å². The predicted octanol–water partition coefficient (Wildman–Crippen LogP) is 1.16. The molecule has 1 unspecified atom stereocenters. The average molecular weight is 296 g/mol. The van der Waals surface area contributed by atoms with Crippen LogP contribution in [0.2, 0.25) is 0 Å². The van der Waals surface area contributed by atoms with E-state index in [1.165, 1.54) is 11.6 Å². The number of aromatic nitrogens is 2. The number of esters is 1. The van der Waals surface area contributed by atoms with Crippen molar-refractivity contribution in [1.82, 2.24) is 15.1 Å². The second-order valence-electron chi connectivity index (χ2n) is 5.02. The molecule has 0 fully saturated rings. The lowest BCUT2D eigenvalue weighted by molar-refractivity contribution is -0.129. The highest BCUT2D eigenvalue weighted by atomic mass is 16.5. The molecule has 1 aromatic rings. The van der Waals surface area contributed by atoms with Gasteiger partial charge in [0, 0.05) is 13.6 Å². The third-order valence-electron chi connectivity index (χ3n) is 3.19. The number of nitrogen functional groups attached to an aromatic ring is 1. The smallest absolute Gasteiger partial charge is 0.359 e. The first-order valence-corrected chi connectivity index (χ1v) is 7.16. The molecule has 0 radical (unpaired) electrons. The molecule has 0 aromatic carbocycles. The Bertz CT molecular complexity index is 511. The fourth-order valence-electron chi connectivity index (χ4n) is 1.92. The van der Waals surface area contributed by atoms with Gasteiger partial charge in [0.05, 0.1) is 11.4 Å². The Morgan fingerprint density at radius 3 is 2.62 bits per heavy atom. The first kappa shape index (κ1) is 17.0. The topological polar surface area (TPSA) is 99.2 Å². The van der Waals surface area contributed by atoms with E-state index in [2.05, 4.69) is 17.3 Å². The maximum absolute atomic E-state index is 12.0. The Morgan fingerprint density at radius 1 is 1.43 bits per heavy atom. The molecule has 0 bridgehead atoms. The minimum atomic E-state index is -0.867. The van der Waals surface area contributed by atoms with Crippen molar-refractivity contribution in [3.05, 3.63) is 11.4 Å². The molecule has 1 amide bonds. The highest BCUT2D eigenvalue weighted by molar-refractivity contribution is 5.95. The molecule has 7 heteroatoms. The molecule has 1 rings (SSSR count). The van der Waals surface area contributed by atoms with Crippen LogP contribution in [-0.2, 0) is 16.6 Å². The highest BCUT2D eigenvalue weighted by Crippen LogP contribution is 2.16. The van der Waals surface area contributed by atoms with Gasteiger partial charge in [-0.3, -0.25) is 9.48 Å². The number of carbonyl (C=O) groups excluding carboxylic acids is 2. The monoisotopic (exact) mass is 296 g/mol. The van der Waals surface area contributed by atoms with Crippen LogP contribution >= 0.6 is 0 Å². The van der Waals surface area contributed by atoms with E-state index in [-0.39, 0.29) is 17.3 Å². The van der Waals surface area contributed by atoms with Gasteiger partial charge in [0.25, 0.3) is 5.91 Å². The van der Waals surface area contributed by atoms with Crippen LogP contribution in [0.15, 0.2) is 0 Å². The number of unbranched alkanes of at least 4 members (excludes halogenated alkanes) is 2. The van der Waals surface area contributed by atoms with Crippen molar-refractivity contribution < 1.29 is 14.3 Å². The molecule has 0 saturated carbocycles. The summed E-state index contributed by atoms with van der Waals surface area (Å²) >= 11 is 0. The first-order chi connectivity index (χ1) is 9.88. The SMILES string of the molecule is CCCCCNC(=O)C(C)OC(=O)c1c(N)c(C)nn1C. The lowest BCUT2D eigenvalue weighted by Gasteiger charge is -2.13. The van der Waals surface area contributed by atoms with Crippen LogP contribution in [0.3, 0.4) is 0 Å². The summed E-state index contributed by atoms with van der Waals surface area (Å²) in [5, 5.41) is 6.78. The number of hydrogen-bond donors (Lipinski definition) is 2. The van der Waals surface area contributed by atoms with Gasteiger partial charge in [-0.25, -0.2) is 4.79 Å². The van der Waals surface area contributed by atoms with Crippen LogP contribution in [0.5, 0.6) is 0 Å². The van der Waals surface area contributed by atoms with E-state index in [9.17, 15) is 9.59 Å². The Morgan fingerprint density at radius 2 is 2.10 bits per heavy atom. The fraction of sp³-hybridized carbons (Fsp3) is 0.643. The summed E-state index contributed by atoms with van der Waals surface area (Å²) in [6.45, 7) is 5.91. The molecule has 0 saturated heterocycles. The van der Waals surface area contributed by atoms with Crippen molar-refractivity contribution in [2.24, 2.45) is 7.05 Å². The maximum atomic E-state index is 12.0. The van der Waals surface area contributed by atoms with Gasteiger partial charge in [-0.2, -0.15) is 5.10 Å². The molecule has 1 aromatic heterocycles. The zero-order valence-corrected chi connectivity index (χ0v) is 13.1. The number of nitrogens with one attached hydrogen (secondary N) is 1. The quantitative estimate of drug-likeness (QED) is 0.581. The second kappa shape index (κ2) is 7.66. The van der Waals surface area contributed by atoms with Crippen molar-refractivity contribution in [3.8, 4) is 0 Å². The van der Waals surface area contributed by atoms with Gasteiger partial charge in [0.15, 0.2) is 11.8 Å². The van der Waals surface area contributed by atoms with E-state index in [4.69, 9.17) is 10.5 Å². The number of anilines is 1. The van der Waals surface area contributed by atoms with E-state index in [0.29, 0.717) is 12.2 Å². The lowest BCUT2D eigenvalue weighted by atomic mass is 10.2. The molecule has 21 heavy (non-hydrogen) atoms. The summed E-state index contributed by atoms with van der Waals surface area (Å²) in [6.07, 6.45) is 2.18. The van der Waals surface area contributed by atoms with Crippen molar-refractivity contribution >= 4 is 17.6 Å². The number of nitrogens with two attached hydrogens (primary N) is 1. The molecular weight excluding hydrogens is 272 g/mol. The van der Waals surface area contributed by atoms with Gasteiger partial charge in [0.2, 0.25) is 0 Å². The third-order valence-corrected chi connectivity index (χ3v) is 3.19. The predicted molar refractivity (Wildman–Crippen MR) is 79.8 cm³/mol. The number of carbonyl (C=O) groups is 2. The van der Waals surface area contributed by atoms with Crippen LogP contribution in [-0.4, -0.2) is 34.3 Å². The maximum Gasteiger partial charge on any atom is 0.359 e. The summed E-state index contributed by atoms with van der Waals surface area (Å²) < 4.78 is 6.50. The van der Waals surface area contributed by atoms with Crippen molar-refractivity contribution in [2.45, 2.75) is 46.1 Å². The zero-order chi connectivity index (χ0) is 16.0. The molecule has 7 nitrogen and oxygen atoms in total. The van der Waals surface area contributed by atoms with Crippen LogP contribution in [0.4, 0.5) is 5.69 Å². The molecule has 0 aliphatic rings. The molecule has 118 valence electrons. The summed E-state index contributed by atoms with van der Waals surface area (Å²) in [6, 6.07) is 0. The van der Waals surface area contributed by atoms with E-state index in [0.717, 1.165) is 19.3 Å². The average Bonchev–Trinajstić information content (AvgIpc) is 2.67. The van der Waals surface area contributed by atoms with Gasteiger partial charge in [-0.1, -0.05) is 19.8 Å². The Labute approximate surface area is 124 Å². The number of hydrogen-bond acceptors (Lipinski definition) is 5. The largest absolute Gasteiger partial charge is 0.448 e. The number of aryl methyl sites for hydroxylation is 2. The summed E-state index contributed by atoms with van der Waals surface area (Å²) in [5.74, 6) is -0.955. The molecule has 1 heterocycles. The molecular formula is C14H24N4O3. The van der Waals surface area contributed by atoms with E-state index in [1.54, 1.807) is 14.0 Å². The van der Waals surface area contributed by atoms with E-state index in [1.807, 2.05) is 0 Å². The number of ether oxygens (including phenoxy) is 1. The van der Waals surface area contributed by atoms with Crippen molar-refractivity contribution in [3.63, 3.8) is 0 Å². The van der Waals surface area contributed by atoms with Gasteiger partial charge in [-0.15, -0.1) is 0 Å². The Kier molecular flexibility index (Phi) is 6.20. The molecule has 3 N–H and O–H groups in total. The van der Waals surface area contributed by atoms with Gasteiger partial charge in [-0.05, 0) is 20.3 Å². The summed E-state index contributed by atoms with van der Waals surface area (Å²) in [5.41, 5.74) is 6.78. The molecule has 1 atom stereocenters. The van der Waals surface area contributed by atoms with Crippen molar-refractivity contribution in [1.29, 1.82) is 0 Å². The fourth-order valence-corrected chi connectivity index (χ4v) is 1.92. The number of nitrogens with zero attached hydrogens (tertiary/aromatic N) is 2. The number of amides is 1. The molecule has 0 aliphatic carbocycles. The Balaban J connectivity index is 2.55. The van der Waals surface area contributed by atoms with Crippen LogP contribution in [0.1, 0.15) is 49.3 Å². The van der Waals surface area contributed by atoms with Crippen molar-refractivity contribution in [2.75, 3.05) is 12.3 Å². The first-order valence-electron chi connectivity index (χ1n) is 7.16. The van der Waals surface area contributed by atoms with Gasteiger partial charge < -0.3 is 15.8 Å². The highest BCUT2D eigenvalue weighted by Gasteiger charge is 2.24.